The largest absolute Gasteiger partial charge is 0.480 e. The molecule has 2 heterocycles. The first-order chi connectivity index (χ1) is 20.0. The van der Waals surface area contributed by atoms with E-state index < -0.39 is 17.9 Å². The lowest BCUT2D eigenvalue weighted by molar-refractivity contribution is -0.141. The lowest BCUT2D eigenvalue weighted by atomic mass is 9.96. The van der Waals surface area contributed by atoms with Gasteiger partial charge in [0, 0.05) is 85.0 Å². The highest BCUT2D eigenvalue weighted by atomic mass is 16.4. The number of aliphatic carboxylic acids is 3. The number of nitrogens with zero attached hydrogens (tertiary/aromatic N) is 5. The van der Waals surface area contributed by atoms with Crippen LogP contribution in [-0.4, -0.2) is 181 Å². The first-order valence-electron chi connectivity index (χ1n) is 13.9. The molecule has 0 saturated carbocycles. The molecule has 17 nitrogen and oxygen atoms in total. The molecule has 0 radical (unpaired) electrons. The van der Waals surface area contributed by atoms with E-state index in [4.69, 9.17) is 4.79 Å². The second-order valence-electron chi connectivity index (χ2n) is 10.1. The lowest BCUT2D eigenvalue weighted by Gasteiger charge is -2.35. The predicted octanol–water partition coefficient (Wildman–Crippen LogP) is -3.91. The summed E-state index contributed by atoms with van der Waals surface area (Å²) in [5, 5.41) is 27.9. The minimum absolute atomic E-state index is 0.0910. The van der Waals surface area contributed by atoms with Crippen molar-refractivity contribution in [2.24, 2.45) is 11.7 Å². The van der Waals surface area contributed by atoms with Crippen LogP contribution in [0.1, 0.15) is 12.8 Å². The average molecular weight is 603 g/mol. The van der Waals surface area contributed by atoms with Crippen LogP contribution in [0.4, 0.5) is 0 Å². The molecule has 17 heteroatoms. The van der Waals surface area contributed by atoms with Gasteiger partial charge in [-0.2, -0.15) is 0 Å². The second kappa shape index (κ2) is 20.6. The van der Waals surface area contributed by atoms with E-state index in [9.17, 15) is 39.3 Å². The van der Waals surface area contributed by atoms with Crippen LogP contribution >= 0.6 is 0 Å². The maximum absolute atomic E-state index is 13.1. The third-order valence-corrected chi connectivity index (χ3v) is 6.93. The highest BCUT2D eigenvalue weighted by molar-refractivity contribution is 5.80. The third-order valence-electron chi connectivity index (χ3n) is 6.93. The maximum Gasteiger partial charge on any atom is 0.317 e. The number of aldehydes is 1. The van der Waals surface area contributed by atoms with Crippen molar-refractivity contribution in [2.75, 3.05) is 105 Å². The van der Waals surface area contributed by atoms with Gasteiger partial charge in [-0.3, -0.25) is 49.0 Å². The number of rotatable bonds is 11. The van der Waals surface area contributed by atoms with Crippen LogP contribution in [0.3, 0.4) is 0 Å². The van der Waals surface area contributed by atoms with Gasteiger partial charge in [0.15, 0.2) is 0 Å². The molecular weight excluding hydrogens is 556 g/mol. The molecule has 2 amide bonds. The standard InChI is InChI=1S/C23H41N7O8.C2H5NO/c1-24-25-23(38)18-2-4-30(5-3-18)19(31)14-26-6-8-27(15-20(32)33)10-12-29(17-22(36)37)13-11-28(9-7-26)16-21(34)35;3-1-2-4/h18,24H,2-17H2,1H3,(H,25,38)(H,32,33)(H,34,35)(H,36,37);2H,1,3H2. The molecular formula is C25H46N8O9. The first kappa shape index (κ1) is 36.8. The van der Waals surface area contributed by atoms with E-state index >= 15 is 0 Å². The number of carbonyl (C=O) groups excluding carboxylic acids is 3. The van der Waals surface area contributed by atoms with Gasteiger partial charge in [0.05, 0.1) is 26.2 Å². The van der Waals surface area contributed by atoms with Crippen LogP contribution < -0.4 is 16.6 Å². The van der Waals surface area contributed by atoms with Crippen molar-refractivity contribution in [1.29, 1.82) is 0 Å². The van der Waals surface area contributed by atoms with Gasteiger partial charge in [0.1, 0.15) is 6.29 Å². The normalized spacial score (nSPS) is 19.0. The van der Waals surface area contributed by atoms with Gasteiger partial charge in [-0.1, -0.05) is 0 Å². The number of hydrogen-bond acceptors (Lipinski definition) is 12. The smallest absolute Gasteiger partial charge is 0.317 e. The summed E-state index contributed by atoms with van der Waals surface area (Å²) in [6.45, 7) is 3.27. The SMILES string of the molecule is CNNC(=O)C1CCN(C(=O)CN2CCN(CC(=O)O)CCN(CC(=O)O)CCN(CC(=O)O)CC2)CC1.NCC=O. The van der Waals surface area contributed by atoms with Gasteiger partial charge >= 0.3 is 17.9 Å². The quantitative estimate of drug-likeness (QED) is 0.0980. The van der Waals surface area contributed by atoms with Crippen LogP contribution in [0.25, 0.3) is 0 Å². The van der Waals surface area contributed by atoms with Crippen LogP contribution in [0, 0.1) is 5.92 Å². The average Bonchev–Trinajstić information content (AvgIpc) is 2.93. The monoisotopic (exact) mass is 602 g/mol. The molecule has 0 unspecified atom stereocenters. The van der Waals surface area contributed by atoms with Crippen molar-refractivity contribution in [3.05, 3.63) is 0 Å². The summed E-state index contributed by atoms with van der Waals surface area (Å²) in [5.74, 6) is -3.36. The van der Waals surface area contributed by atoms with Crippen molar-refractivity contribution in [1.82, 2.24) is 35.4 Å². The number of nitrogens with two attached hydrogens (primary N) is 1. The number of amides is 2. The summed E-state index contributed by atoms with van der Waals surface area (Å²) in [6, 6.07) is 0. The Morgan fingerprint density at radius 2 is 1.02 bits per heavy atom. The van der Waals surface area contributed by atoms with Crippen LogP contribution in [0.5, 0.6) is 0 Å². The molecule has 2 saturated heterocycles. The molecule has 2 aliphatic heterocycles. The minimum Gasteiger partial charge on any atom is -0.480 e. The zero-order chi connectivity index (χ0) is 31.5. The highest BCUT2D eigenvalue weighted by Crippen LogP contribution is 2.17. The van der Waals surface area contributed by atoms with Crippen molar-refractivity contribution in [3.63, 3.8) is 0 Å². The Labute approximate surface area is 245 Å². The van der Waals surface area contributed by atoms with Gasteiger partial charge < -0.3 is 30.7 Å². The van der Waals surface area contributed by atoms with Crippen LogP contribution in [0.2, 0.25) is 0 Å². The van der Waals surface area contributed by atoms with E-state index in [2.05, 4.69) is 16.6 Å². The molecule has 0 atom stereocenters. The zero-order valence-corrected chi connectivity index (χ0v) is 24.3. The Morgan fingerprint density at radius 3 is 1.31 bits per heavy atom. The molecule has 0 aromatic heterocycles. The predicted molar refractivity (Wildman–Crippen MR) is 150 cm³/mol. The zero-order valence-electron chi connectivity index (χ0n) is 24.3. The van der Waals surface area contributed by atoms with E-state index in [-0.39, 0.29) is 50.5 Å². The fourth-order valence-corrected chi connectivity index (χ4v) is 4.69. The summed E-state index contributed by atoms with van der Waals surface area (Å²) < 4.78 is 0. The number of hydrazine groups is 1. The summed E-state index contributed by atoms with van der Waals surface area (Å²) in [5.41, 5.74) is 9.87. The maximum atomic E-state index is 13.1. The number of carboxylic acids is 3. The fraction of sp³-hybridized carbons (Fsp3) is 0.760. The lowest BCUT2D eigenvalue weighted by Crippen LogP contribution is -2.51. The van der Waals surface area contributed by atoms with Crippen molar-refractivity contribution in [2.45, 2.75) is 12.8 Å². The van der Waals surface area contributed by atoms with E-state index in [1.807, 2.05) is 4.90 Å². The van der Waals surface area contributed by atoms with Crippen molar-refractivity contribution in [3.8, 4) is 0 Å². The van der Waals surface area contributed by atoms with Gasteiger partial charge in [0.25, 0.3) is 0 Å². The van der Waals surface area contributed by atoms with Crippen molar-refractivity contribution >= 4 is 36.0 Å². The highest BCUT2D eigenvalue weighted by Gasteiger charge is 2.28. The van der Waals surface area contributed by atoms with Crippen LogP contribution in [0.15, 0.2) is 0 Å². The summed E-state index contributed by atoms with van der Waals surface area (Å²) in [4.78, 5) is 77.1. The van der Waals surface area contributed by atoms with E-state index in [1.165, 1.54) is 0 Å². The van der Waals surface area contributed by atoms with Gasteiger partial charge in [-0.05, 0) is 12.8 Å². The van der Waals surface area contributed by atoms with Gasteiger partial charge in [0.2, 0.25) is 11.8 Å². The number of carbonyl (C=O) groups is 6. The topological polar surface area (TPSA) is 229 Å². The van der Waals surface area contributed by atoms with E-state index in [1.54, 1.807) is 26.6 Å². The van der Waals surface area contributed by atoms with E-state index in [0.29, 0.717) is 84.6 Å². The molecule has 42 heavy (non-hydrogen) atoms. The first-order valence-corrected chi connectivity index (χ1v) is 13.9. The summed E-state index contributed by atoms with van der Waals surface area (Å²) in [6.07, 6.45) is 1.77. The molecule has 0 aromatic rings. The molecule has 2 fully saturated rings. The molecule has 7 N–H and O–H groups in total. The number of carboxylic acid groups (broad SMARTS) is 3. The summed E-state index contributed by atoms with van der Waals surface area (Å²) >= 11 is 0. The molecule has 2 aliphatic rings. The molecule has 0 bridgehead atoms. The third kappa shape index (κ3) is 15.7. The minimum atomic E-state index is -1.01. The Bertz CT molecular complexity index is 854. The number of likely N-dealkylation sites (tertiary alicyclic amines) is 1. The van der Waals surface area contributed by atoms with E-state index in [0.717, 1.165) is 0 Å². The number of hydrogen-bond donors (Lipinski definition) is 6. The molecule has 2 rings (SSSR count). The second-order valence-corrected chi connectivity index (χ2v) is 10.1. The molecule has 0 spiro atoms. The Hall–Kier alpha value is -3.22. The van der Waals surface area contributed by atoms with Gasteiger partial charge in [-0.25, -0.2) is 5.43 Å². The molecule has 0 aliphatic carbocycles. The van der Waals surface area contributed by atoms with Crippen molar-refractivity contribution < 1.29 is 44.1 Å². The van der Waals surface area contributed by atoms with Gasteiger partial charge in [-0.15, -0.1) is 0 Å². The Balaban J connectivity index is 0.00000206. The van der Waals surface area contributed by atoms with Crippen LogP contribution in [-0.2, 0) is 28.8 Å². The Kier molecular flexibility index (Phi) is 18.1. The fourth-order valence-electron chi connectivity index (χ4n) is 4.69. The Morgan fingerprint density at radius 1 is 0.690 bits per heavy atom. The number of piperidine rings is 1. The molecule has 240 valence electrons. The number of nitrogens with one attached hydrogen (secondary N) is 2. The summed E-state index contributed by atoms with van der Waals surface area (Å²) in [7, 11) is 1.62. The molecule has 0 aromatic carbocycles.